The summed E-state index contributed by atoms with van der Waals surface area (Å²) in [4.78, 5) is 16.5. The summed E-state index contributed by atoms with van der Waals surface area (Å²) in [5.74, 6) is 1.42. The van der Waals surface area contributed by atoms with Crippen LogP contribution in [0.4, 0.5) is 5.82 Å². The third-order valence-corrected chi connectivity index (χ3v) is 3.71. The first-order valence-corrected chi connectivity index (χ1v) is 8.33. The highest BCUT2D eigenvalue weighted by Crippen LogP contribution is 2.11. The van der Waals surface area contributed by atoms with Crippen LogP contribution in [0.1, 0.15) is 22.3 Å². The molecule has 0 aliphatic heterocycles. The predicted molar refractivity (Wildman–Crippen MR) is 98.3 cm³/mol. The molecule has 0 aliphatic rings. The van der Waals surface area contributed by atoms with E-state index in [0.29, 0.717) is 24.5 Å². The number of amides is 1. The molecule has 0 bridgehead atoms. The molecule has 1 heterocycles. The van der Waals surface area contributed by atoms with Gasteiger partial charge in [0.25, 0.3) is 5.91 Å². The second-order valence-electron chi connectivity index (χ2n) is 5.56. The number of benzene rings is 1. The van der Waals surface area contributed by atoms with Crippen LogP contribution in [0.5, 0.6) is 5.75 Å². The van der Waals surface area contributed by atoms with Crippen molar-refractivity contribution in [1.29, 1.82) is 0 Å². The molecule has 25 heavy (non-hydrogen) atoms. The van der Waals surface area contributed by atoms with Crippen molar-refractivity contribution in [2.45, 2.75) is 12.8 Å². The van der Waals surface area contributed by atoms with Gasteiger partial charge in [-0.15, -0.1) is 0 Å². The molecule has 1 amide bonds. The third-order valence-electron chi connectivity index (χ3n) is 3.71. The minimum absolute atomic E-state index is 0.101. The van der Waals surface area contributed by atoms with E-state index in [1.165, 1.54) is 0 Å². The van der Waals surface area contributed by atoms with Crippen molar-refractivity contribution in [2.75, 3.05) is 39.2 Å². The summed E-state index contributed by atoms with van der Waals surface area (Å²) >= 11 is 0. The maximum atomic E-state index is 12.3. The molecule has 6 heteroatoms. The molecule has 0 saturated heterocycles. The van der Waals surface area contributed by atoms with Gasteiger partial charge in [0.2, 0.25) is 0 Å². The van der Waals surface area contributed by atoms with E-state index in [-0.39, 0.29) is 5.91 Å². The van der Waals surface area contributed by atoms with E-state index >= 15 is 0 Å². The lowest BCUT2D eigenvalue weighted by molar-refractivity contribution is 0.0954. The second kappa shape index (κ2) is 10.3. The molecule has 1 aromatic heterocycles. The Balaban J connectivity index is 1.79. The molecule has 0 unspecified atom stereocenters. The second-order valence-corrected chi connectivity index (χ2v) is 5.56. The summed E-state index contributed by atoms with van der Waals surface area (Å²) in [6.45, 7) is 2.02. The Bertz CT molecular complexity index is 659. The quantitative estimate of drug-likeness (QED) is 0.649. The Kier molecular flexibility index (Phi) is 7.72. The normalized spacial score (nSPS) is 10.3. The molecule has 0 aliphatic carbocycles. The molecule has 2 aromatic rings. The van der Waals surface area contributed by atoms with Crippen LogP contribution in [-0.2, 0) is 11.2 Å². The molecule has 2 N–H and O–H groups in total. The van der Waals surface area contributed by atoms with E-state index < -0.39 is 0 Å². The molecule has 0 fully saturated rings. The van der Waals surface area contributed by atoms with Gasteiger partial charge in [0, 0.05) is 38.6 Å². The molecule has 0 saturated carbocycles. The fraction of sp³-hybridized carbons (Fsp3) is 0.368. The Morgan fingerprint density at radius 1 is 1.12 bits per heavy atom. The summed E-state index contributed by atoms with van der Waals surface area (Å²) < 4.78 is 10.1. The van der Waals surface area contributed by atoms with Gasteiger partial charge in [-0.1, -0.05) is 12.1 Å². The van der Waals surface area contributed by atoms with Crippen LogP contribution in [-0.4, -0.2) is 44.8 Å². The topological polar surface area (TPSA) is 72.5 Å². The zero-order chi connectivity index (χ0) is 17.9. The predicted octanol–water partition coefficient (Wildman–Crippen LogP) is 2.51. The highest BCUT2D eigenvalue weighted by atomic mass is 16.5. The summed E-state index contributed by atoms with van der Waals surface area (Å²) in [6.07, 6.45) is 3.29. The van der Waals surface area contributed by atoms with Crippen molar-refractivity contribution in [1.82, 2.24) is 10.3 Å². The van der Waals surface area contributed by atoms with Gasteiger partial charge in [-0.05, 0) is 42.7 Å². The lowest BCUT2D eigenvalue weighted by Gasteiger charge is -2.08. The zero-order valence-electron chi connectivity index (χ0n) is 14.7. The average molecular weight is 343 g/mol. The van der Waals surface area contributed by atoms with E-state index in [0.717, 1.165) is 30.7 Å². The highest BCUT2D eigenvalue weighted by molar-refractivity contribution is 5.94. The van der Waals surface area contributed by atoms with E-state index in [9.17, 15) is 4.79 Å². The van der Waals surface area contributed by atoms with Gasteiger partial charge in [-0.3, -0.25) is 4.79 Å². The summed E-state index contributed by atoms with van der Waals surface area (Å²) in [7, 11) is 3.32. The van der Waals surface area contributed by atoms with Crippen LogP contribution in [0.2, 0.25) is 0 Å². The summed E-state index contributed by atoms with van der Waals surface area (Å²) in [5.41, 5.74) is 1.75. The van der Waals surface area contributed by atoms with Crippen molar-refractivity contribution >= 4 is 11.7 Å². The summed E-state index contributed by atoms with van der Waals surface area (Å²) in [5, 5.41) is 6.12. The maximum absolute atomic E-state index is 12.3. The average Bonchev–Trinajstić information content (AvgIpc) is 2.66. The Labute approximate surface area is 148 Å². The molecule has 0 radical (unpaired) electrons. The Morgan fingerprint density at radius 2 is 1.92 bits per heavy atom. The first kappa shape index (κ1) is 18.7. The van der Waals surface area contributed by atoms with Gasteiger partial charge >= 0.3 is 0 Å². The molecule has 6 nitrogen and oxygen atoms in total. The van der Waals surface area contributed by atoms with E-state index in [1.807, 2.05) is 24.3 Å². The third kappa shape index (κ3) is 6.43. The van der Waals surface area contributed by atoms with E-state index in [1.54, 1.807) is 32.5 Å². The Hall–Kier alpha value is -2.60. The number of anilines is 1. The van der Waals surface area contributed by atoms with Gasteiger partial charge in [-0.2, -0.15) is 0 Å². The van der Waals surface area contributed by atoms with Crippen LogP contribution < -0.4 is 15.4 Å². The van der Waals surface area contributed by atoms with Crippen LogP contribution in [0.3, 0.4) is 0 Å². The van der Waals surface area contributed by atoms with E-state index in [4.69, 9.17) is 9.47 Å². The number of carbonyl (C=O) groups is 1. The van der Waals surface area contributed by atoms with Gasteiger partial charge in [0.15, 0.2) is 0 Å². The smallest absolute Gasteiger partial charge is 0.251 e. The van der Waals surface area contributed by atoms with Crippen molar-refractivity contribution in [2.24, 2.45) is 0 Å². The number of nitrogens with one attached hydrogen (secondary N) is 2. The molecule has 0 spiro atoms. The number of hydrogen-bond acceptors (Lipinski definition) is 5. The van der Waals surface area contributed by atoms with E-state index in [2.05, 4.69) is 15.6 Å². The first-order chi connectivity index (χ1) is 12.2. The number of methoxy groups -OCH3 is 2. The van der Waals surface area contributed by atoms with Gasteiger partial charge in [0.05, 0.1) is 7.11 Å². The number of nitrogens with zero attached hydrogens (tertiary/aromatic N) is 1. The monoisotopic (exact) mass is 343 g/mol. The SMILES string of the molecule is COCCCNc1cc(C(=O)NCCc2ccc(OC)cc2)ccn1. The molecule has 134 valence electrons. The van der Waals surface area contributed by atoms with Crippen molar-refractivity contribution < 1.29 is 14.3 Å². The fourth-order valence-corrected chi connectivity index (χ4v) is 2.32. The molecule has 1 aromatic carbocycles. The molecule has 0 atom stereocenters. The largest absolute Gasteiger partial charge is 0.497 e. The first-order valence-electron chi connectivity index (χ1n) is 8.33. The van der Waals surface area contributed by atoms with Crippen LogP contribution in [0.25, 0.3) is 0 Å². The van der Waals surface area contributed by atoms with Crippen LogP contribution in [0.15, 0.2) is 42.6 Å². The van der Waals surface area contributed by atoms with Crippen LogP contribution >= 0.6 is 0 Å². The van der Waals surface area contributed by atoms with Crippen molar-refractivity contribution in [3.63, 3.8) is 0 Å². The Morgan fingerprint density at radius 3 is 2.64 bits per heavy atom. The number of hydrogen-bond donors (Lipinski definition) is 2. The number of carbonyl (C=O) groups excluding carboxylic acids is 1. The highest BCUT2D eigenvalue weighted by Gasteiger charge is 2.06. The van der Waals surface area contributed by atoms with Gasteiger partial charge in [-0.25, -0.2) is 4.98 Å². The number of aromatic nitrogens is 1. The molecule has 2 rings (SSSR count). The minimum Gasteiger partial charge on any atom is -0.497 e. The lowest BCUT2D eigenvalue weighted by atomic mass is 10.1. The molecular formula is C19H25N3O3. The summed E-state index contributed by atoms with van der Waals surface area (Å²) in [6, 6.07) is 11.3. The van der Waals surface area contributed by atoms with Gasteiger partial charge in [0.1, 0.15) is 11.6 Å². The van der Waals surface area contributed by atoms with Gasteiger partial charge < -0.3 is 20.1 Å². The lowest BCUT2D eigenvalue weighted by Crippen LogP contribution is -2.25. The van der Waals surface area contributed by atoms with Crippen molar-refractivity contribution in [3.05, 3.63) is 53.7 Å². The maximum Gasteiger partial charge on any atom is 0.251 e. The number of ether oxygens (including phenoxy) is 2. The number of rotatable bonds is 10. The van der Waals surface area contributed by atoms with Crippen molar-refractivity contribution in [3.8, 4) is 5.75 Å². The zero-order valence-corrected chi connectivity index (χ0v) is 14.7. The van der Waals surface area contributed by atoms with Crippen LogP contribution in [0, 0.1) is 0 Å². The standard InChI is InChI=1S/C19H25N3O3/c1-24-13-3-10-20-18-14-16(9-12-21-18)19(23)22-11-8-15-4-6-17(25-2)7-5-15/h4-7,9,12,14H,3,8,10-11,13H2,1-2H3,(H,20,21)(H,22,23). The number of pyridine rings is 1. The fourth-order valence-electron chi connectivity index (χ4n) is 2.32. The molecular weight excluding hydrogens is 318 g/mol. The minimum atomic E-state index is -0.101.